The maximum atomic E-state index is 10.8. The summed E-state index contributed by atoms with van der Waals surface area (Å²) < 4.78 is 4.81. The molecule has 6 heteroatoms. The highest BCUT2D eigenvalue weighted by Gasteiger charge is 2.07. The third-order valence-electron chi connectivity index (χ3n) is 1.57. The molecule has 0 saturated carbocycles. The van der Waals surface area contributed by atoms with Gasteiger partial charge in [0, 0.05) is 5.69 Å². The van der Waals surface area contributed by atoms with Gasteiger partial charge in [0.15, 0.2) is 0 Å². The van der Waals surface area contributed by atoms with Crippen molar-refractivity contribution in [3.05, 3.63) is 29.8 Å². The number of benzene rings is 1. The second kappa shape index (κ2) is 5.26. The quantitative estimate of drug-likeness (QED) is 0.508. The molecular formula is C8H10BNO4. The molecule has 0 unspecified atom stereocenters. The Morgan fingerprint density at radius 2 is 1.86 bits per heavy atom. The molecule has 3 rings (SSSR count). The first-order valence-corrected chi connectivity index (χ1v) is 4.00. The Morgan fingerprint density at radius 3 is 2.43 bits per heavy atom. The minimum atomic E-state index is -0.750. The molecule has 2 heterocycles. The third kappa shape index (κ3) is 3.08. The van der Waals surface area contributed by atoms with Gasteiger partial charge in [-0.3, -0.25) is 5.32 Å². The topological polar surface area (TPSA) is 78.8 Å². The monoisotopic (exact) mass is 195 g/mol. The number of nitrogens with one attached hydrogen (secondary N) is 1. The van der Waals surface area contributed by atoms with Crippen molar-refractivity contribution in [2.75, 3.05) is 5.32 Å². The van der Waals surface area contributed by atoms with Crippen molar-refractivity contribution in [3.63, 3.8) is 0 Å². The van der Waals surface area contributed by atoms with E-state index in [1.165, 1.54) is 0 Å². The second-order valence-corrected chi connectivity index (χ2v) is 2.54. The van der Waals surface area contributed by atoms with Crippen molar-refractivity contribution in [1.82, 2.24) is 0 Å². The summed E-state index contributed by atoms with van der Waals surface area (Å²) in [5.74, 6) is 0. The zero-order chi connectivity index (χ0) is 10.4. The molecule has 0 aromatic heterocycles. The van der Waals surface area contributed by atoms with Gasteiger partial charge in [-0.25, -0.2) is 4.79 Å². The van der Waals surface area contributed by atoms with Gasteiger partial charge in [-0.05, 0) is 17.7 Å². The Kier molecular flexibility index (Phi) is 3.96. The summed E-state index contributed by atoms with van der Waals surface area (Å²) >= 11 is 0. The standard InChI is InChI=1S/C8H7NO2.BH3O2/c10-8-9-7-3-1-6(2-4-7)5-11-8;2-1-3/h1-4H,5H2,(H,9,10);1-3H. The van der Waals surface area contributed by atoms with Crippen molar-refractivity contribution in [2.45, 2.75) is 6.61 Å². The summed E-state index contributed by atoms with van der Waals surface area (Å²) in [5, 5.41) is 16.8. The summed E-state index contributed by atoms with van der Waals surface area (Å²) in [6.07, 6.45) is -0.383. The van der Waals surface area contributed by atoms with E-state index in [4.69, 9.17) is 14.8 Å². The van der Waals surface area contributed by atoms with Gasteiger partial charge < -0.3 is 14.8 Å². The van der Waals surface area contributed by atoms with Crippen LogP contribution in [0.2, 0.25) is 0 Å². The van der Waals surface area contributed by atoms with Crippen molar-refractivity contribution in [2.24, 2.45) is 0 Å². The summed E-state index contributed by atoms with van der Waals surface area (Å²) in [7, 11) is -0.750. The lowest BCUT2D eigenvalue weighted by atomic mass is 10.2. The second-order valence-electron chi connectivity index (χ2n) is 2.54. The van der Waals surface area contributed by atoms with Crippen LogP contribution in [-0.2, 0) is 11.3 Å². The third-order valence-corrected chi connectivity index (χ3v) is 1.57. The van der Waals surface area contributed by atoms with Crippen LogP contribution < -0.4 is 5.32 Å². The Bertz CT molecular complexity index is 301. The van der Waals surface area contributed by atoms with Crippen LogP contribution >= 0.6 is 0 Å². The summed E-state index contributed by atoms with van der Waals surface area (Å²) in [6.45, 7) is 0.353. The zero-order valence-electron chi connectivity index (χ0n) is 7.43. The average molecular weight is 195 g/mol. The molecule has 1 aromatic rings. The van der Waals surface area contributed by atoms with E-state index in [2.05, 4.69) is 5.32 Å². The number of carbonyl (C=O) groups is 1. The summed E-state index contributed by atoms with van der Waals surface area (Å²) in [6, 6.07) is 7.56. The van der Waals surface area contributed by atoms with Crippen molar-refractivity contribution >= 4 is 19.5 Å². The normalized spacial score (nSPS) is 12.6. The van der Waals surface area contributed by atoms with Crippen LogP contribution in [0.1, 0.15) is 5.56 Å². The maximum absolute atomic E-state index is 10.8. The summed E-state index contributed by atoms with van der Waals surface area (Å²) in [5.41, 5.74) is 1.79. The Balaban J connectivity index is 0.000000293. The molecule has 3 N–H and O–H groups in total. The lowest BCUT2D eigenvalue weighted by Crippen LogP contribution is -2.15. The van der Waals surface area contributed by atoms with Gasteiger partial charge in [0.05, 0.1) is 0 Å². The van der Waals surface area contributed by atoms with E-state index >= 15 is 0 Å². The Morgan fingerprint density at radius 1 is 1.29 bits per heavy atom. The van der Waals surface area contributed by atoms with E-state index in [1.54, 1.807) is 0 Å². The molecule has 0 aliphatic carbocycles. The molecule has 0 spiro atoms. The van der Waals surface area contributed by atoms with E-state index in [9.17, 15) is 4.79 Å². The SMILES string of the molecule is O=C1Nc2ccc(cc2)CO1.OBO. The van der Waals surface area contributed by atoms with Crippen LogP contribution in [0.15, 0.2) is 24.3 Å². The molecule has 14 heavy (non-hydrogen) atoms. The van der Waals surface area contributed by atoms with E-state index in [0.717, 1.165) is 11.3 Å². The van der Waals surface area contributed by atoms with Gasteiger partial charge in [-0.15, -0.1) is 0 Å². The summed E-state index contributed by atoms with van der Waals surface area (Å²) in [4.78, 5) is 10.8. The highest BCUT2D eigenvalue weighted by molar-refractivity contribution is 6.13. The van der Waals surface area contributed by atoms with Crippen LogP contribution in [0, 0.1) is 0 Å². The van der Waals surface area contributed by atoms with Gasteiger partial charge in [0.2, 0.25) is 0 Å². The van der Waals surface area contributed by atoms with Crippen LogP contribution in [0.25, 0.3) is 0 Å². The first kappa shape index (κ1) is 10.6. The predicted octanol–water partition coefficient (Wildman–Crippen LogP) is -0.0138. The van der Waals surface area contributed by atoms with Gasteiger partial charge in [0.1, 0.15) is 6.61 Å². The van der Waals surface area contributed by atoms with Crippen molar-refractivity contribution < 1.29 is 19.6 Å². The zero-order valence-corrected chi connectivity index (χ0v) is 7.43. The molecule has 1 aromatic carbocycles. The smallest absolute Gasteiger partial charge is 0.432 e. The lowest BCUT2D eigenvalue weighted by Gasteiger charge is -2.11. The number of anilines is 1. The molecule has 74 valence electrons. The fraction of sp³-hybridized carbons (Fsp3) is 0.125. The number of rotatable bonds is 0. The molecule has 0 atom stereocenters. The molecule has 1 amide bonds. The maximum Gasteiger partial charge on any atom is 0.432 e. The first-order chi connectivity index (χ1) is 6.76. The van der Waals surface area contributed by atoms with Crippen LogP contribution in [-0.4, -0.2) is 23.8 Å². The van der Waals surface area contributed by atoms with Crippen LogP contribution in [0.3, 0.4) is 0 Å². The highest BCUT2D eigenvalue weighted by atomic mass is 16.5. The van der Waals surface area contributed by atoms with Crippen LogP contribution in [0.4, 0.5) is 10.5 Å². The molecule has 5 nitrogen and oxygen atoms in total. The molecule has 0 saturated heterocycles. The van der Waals surface area contributed by atoms with Crippen LogP contribution in [0.5, 0.6) is 0 Å². The Labute approximate surface area is 81.6 Å². The molecular weight excluding hydrogens is 185 g/mol. The van der Waals surface area contributed by atoms with Crippen molar-refractivity contribution in [1.29, 1.82) is 0 Å². The largest absolute Gasteiger partial charge is 0.444 e. The highest BCUT2D eigenvalue weighted by Crippen LogP contribution is 2.13. The average Bonchev–Trinajstić information content (AvgIpc) is 2.14. The molecule has 2 aliphatic rings. The van der Waals surface area contributed by atoms with Gasteiger partial charge in [-0.2, -0.15) is 0 Å². The van der Waals surface area contributed by atoms with E-state index in [0.29, 0.717) is 6.61 Å². The van der Waals surface area contributed by atoms with E-state index in [-0.39, 0.29) is 6.09 Å². The van der Waals surface area contributed by atoms with Crippen molar-refractivity contribution in [3.8, 4) is 0 Å². The van der Waals surface area contributed by atoms with Gasteiger partial charge in [0.25, 0.3) is 0 Å². The number of amides is 1. The van der Waals surface area contributed by atoms with E-state index in [1.807, 2.05) is 24.3 Å². The fourth-order valence-electron chi connectivity index (χ4n) is 0.987. The Hall–Kier alpha value is -1.53. The molecule has 2 aliphatic heterocycles. The minimum absolute atomic E-state index is 0.353. The lowest BCUT2D eigenvalue weighted by molar-refractivity contribution is 0.154. The van der Waals surface area contributed by atoms with Gasteiger partial charge in [-0.1, -0.05) is 12.1 Å². The number of hydrogen-bond acceptors (Lipinski definition) is 4. The fourth-order valence-corrected chi connectivity index (χ4v) is 0.987. The number of fused-ring (bicyclic) bond motifs is 5. The predicted molar refractivity (Wildman–Crippen MR) is 51.8 cm³/mol. The van der Waals surface area contributed by atoms with E-state index < -0.39 is 7.69 Å². The number of ether oxygens (including phenoxy) is 1. The minimum Gasteiger partial charge on any atom is -0.444 e. The number of hydrogen-bond donors (Lipinski definition) is 3. The molecule has 0 fully saturated rings. The number of carbonyl (C=O) groups excluding carboxylic acids is 1. The van der Waals surface area contributed by atoms with Gasteiger partial charge >= 0.3 is 13.8 Å². The molecule has 0 radical (unpaired) electrons. The molecule has 2 bridgehead atoms. The first-order valence-electron chi connectivity index (χ1n) is 4.00.